The van der Waals surface area contributed by atoms with E-state index in [1.165, 1.54) is 0 Å². The molecule has 4 aromatic rings. The predicted octanol–water partition coefficient (Wildman–Crippen LogP) is 5.46. The Hall–Kier alpha value is -2.91. The number of hydrogen-bond donors (Lipinski definition) is 0. The second-order valence-electron chi connectivity index (χ2n) is 6.59. The zero-order valence-electron chi connectivity index (χ0n) is 14.0. The van der Waals surface area contributed by atoms with E-state index in [2.05, 4.69) is 18.2 Å². The summed E-state index contributed by atoms with van der Waals surface area (Å²) in [6.45, 7) is 0. The molecule has 4 aromatic carbocycles. The lowest BCUT2D eigenvalue weighted by Gasteiger charge is -2.29. The molecule has 0 amide bonds. The predicted molar refractivity (Wildman–Crippen MR) is 106 cm³/mol. The van der Waals surface area contributed by atoms with Crippen molar-refractivity contribution in [3.8, 4) is 22.3 Å². The van der Waals surface area contributed by atoms with Crippen LogP contribution in [-0.4, -0.2) is 8.42 Å². The van der Waals surface area contributed by atoms with Gasteiger partial charge in [-0.15, -0.1) is 0 Å². The summed E-state index contributed by atoms with van der Waals surface area (Å²) in [5, 5.41) is 2.09. The Morgan fingerprint density at radius 2 is 1.04 bits per heavy atom. The maximum absolute atomic E-state index is 12.7. The van der Waals surface area contributed by atoms with Crippen LogP contribution in [0.25, 0.3) is 33.0 Å². The summed E-state index contributed by atoms with van der Waals surface area (Å²) in [5.41, 5.74) is 4.83. The summed E-state index contributed by atoms with van der Waals surface area (Å²) < 4.78 is 25.5. The first kappa shape index (κ1) is 15.4. The average Bonchev–Trinajstić information content (AvgIpc) is 2.68. The number of rotatable bonds is 2. The van der Waals surface area contributed by atoms with Gasteiger partial charge in [0, 0.05) is 5.56 Å². The van der Waals surface area contributed by atoms with Crippen LogP contribution in [0, 0.1) is 0 Å². The van der Waals surface area contributed by atoms with E-state index >= 15 is 0 Å². The Labute approximate surface area is 152 Å². The maximum Gasteiger partial charge on any atom is 0.183 e. The largest absolute Gasteiger partial charge is 0.223 e. The maximum atomic E-state index is 12.7. The molecule has 0 fully saturated rings. The lowest BCUT2D eigenvalue weighted by molar-refractivity contribution is 0.586. The molecule has 26 heavy (non-hydrogen) atoms. The van der Waals surface area contributed by atoms with E-state index in [0.717, 1.165) is 38.6 Å². The molecule has 0 N–H and O–H groups in total. The molecule has 0 saturated heterocycles. The normalized spacial score (nSPS) is 14.6. The molecule has 1 heterocycles. The highest BCUT2D eigenvalue weighted by Crippen LogP contribution is 2.50. The molecular formula is C23H16O2S. The van der Waals surface area contributed by atoms with Crippen LogP contribution in [0.2, 0.25) is 0 Å². The van der Waals surface area contributed by atoms with E-state index in [0.29, 0.717) is 4.90 Å². The molecule has 0 radical (unpaired) electrons. The molecule has 3 heteroatoms. The molecular weight excluding hydrogens is 340 g/mol. The Bertz CT molecular complexity index is 1240. The highest BCUT2D eigenvalue weighted by molar-refractivity contribution is 7.92. The molecule has 5 rings (SSSR count). The van der Waals surface area contributed by atoms with Crippen LogP contribution in [0.1, 0.15) is 5.56 Å². The van der Waals surface area contributed by atoms with Crippen molar-refractivity contribution in [2.24, 2.45) is 0 Å². The number of sulfone groups is 1. The first-order chi connectivity index (χ1) is 12.7. The van der Waals surface area contributed by atoms with E-state index in [4.69, 9.17) is 0 Å². The van der Waals surface area contributed by atoms with Gasteiger partial charge in [-0.3, -0.25) is 0 Å². The second kappa shape index (κ2) is 5.55. The van der Waals surface area contributed by atoms with Gasteiger partial charge in [-0.2, -0.15) is 0 Å². The van der Waals surface area contributed by atoms with Crippen LogP contribution < -0.4 is 0 Å². The summed E-state index contributed by atoms with van der Waals surface area (Å²) in [7, 11) is -3.24. The topological polar surface area (TPSA) is 34.1 Å². The van der Waals surface area contributed by atoms with E-state index in [1.807, 2.05) is 66.7 Å². The minimum Gasteiger partial charge on any atom is -0.223 e. The van der Waals surface area contributed by atoms with Crippen LogP contribution in [0.4, 0.5) is 0 Å². The molecule has 0 saturated carbocycles. The molecule has 2 nitrogen and oxygen atoms in total. The quantitative estimate of drug-likeness (QED) is 0.478. The zero-order chi connectivity index (χ0) is 17.7. The van der Waals surface area contributed by atoms with Crippen LogP contribution in [0.5, 0.6) is 0 Å². The molecule has 0 bridgehead atoms. The number of fused-ring (bicyclic) bond motifs is 2. The fourth-order valence-corrected chi connectivity index (χ4v) is 5.61. The average molecular weight is 356 g/mol. The third kappa shape index (κ3) is 2.14. The molecule has 126 valence electrons. The highest BCUT2D eigenvalue weighted by atomic mass is 32.2. The Morgan fingerprint density at radius 3 is 1.58 bits per heavy atom. The van der Waals surface area contributed by atoms with Crippen molar-refractivity contribution in [1.82, 2.24) is 0 Å². The van der Waals surface area contributed by atoms with Crippen LogP contribution in [-0.2, 0) is 15.6 Å². The van der Waals surface area contributed by atoms with Gasteiger partial charge >= 0.3 is 0 Å². The van der Waals surface area contributed by atoms with Gasteiger partial charge in [-0.25, -0.2) is 8.42 Å². The first-order valence-corrected chi connectivity index (χ1v) is 10.2. The van der Waals surface area contributed by atoms with Crippen molar-refractivity contribution in [2.45, 2.75) is 10.6 Å². The van der Waals surface area contributed by atoms with Crippen LogP contribution in [0.15, 0.2) is 89.8 Å². The fourth-order valence-electron chi connectivity index (χ4n) is 3.96. The minimum absolute atomic E-state index is 0.108. The van der Waals surface area contributed by atoms with E-state index < -0.39 is 9.84 Å². The molecule has 0 unspecified atom stereocenters. The monoisotopic (exact) mass is 356 g/mol. The lowest BCUT2D eigenvalue weighted by Crippen LogP contribution is -2.22. The third-order valence-corrected chi connectivity index (χ3v) is 6.78. The highest BCUT2D eigenvalue weighted by Gasteiger charge is 2.38. The van der Waals surface area contributed by atoms with E-state index in [-0.39, 0.29) is 5.75 Å². The van der Waals surface area contributed by atoms with Crippen molar-refractivity contribution in [1.29, 1.82) is 0 Å². The molecule has 0 aromatic heterocycles. The SMILES string of the molecule is O=S1(=O)Cc2c1c(-c1ccccc1)c1ccccc1c2-c1ccccc1. The summed E-state index contributed by atoms with van der Waals surface area (Å²) in [6.07, 6.45) is 0. The molecule has 1 aliphatic rings. The molecule has 0 atom stereocenters. The smallest absolute Gasteiger partial charge is 0.183 e. The van der Waals surface area contributed by atoms with Gasteiger partial charge in [0.1, 0.15) is 0 Å². The number of benzene rings is 4. The van der Waals surface area contributed by atoms with Gasteiger partial charge in [-0.1, -0.05) is 84.9 Å². The molecule has 1 aliphatic heterocycles. The zero-order valence-corrected chi connectivity index (χ0v) is 14.8. The van der Waals surface area contributed by atoms with Crippen molar-refractivity contribution in [3.63, 3.8) is 0 Å². The summed E-state index contributed by atoms with van der Waals surface area (Å²) in [4.78, 5) is 0.501. The summed E-state index contributed by atoms with van der Waals surface area (Å²) in [6, 6.07) is 28.0. The lowest BCUT2D eigenvalue weighted by atomic mass is 9.88. The van der Waals surface area contributed by atoms with E-state index in [9.17, 15) is 8.42 Å². The van der Waals surface area contributed by atoms with Crippen molar-refractivity contribution >= 4 is 20.6 Å². The van der Waals surface area contributed by atoms with Crippen LogP contribution in [0.3, 0.4) is 0 Å². The Balaban J connectivity index is 1.99. The van der Waals surface area contributed by atoms with Crippen LogP contribution >= 0.6 is 0 Å². The van der Waals surface area contributed by atoms with Crippen molar-refractivity contribution in [3.05, 3.63) is 90.5 Å². The van der Waals surface area contributed by atoms with Crippen molar-refractivity contribution in [2.75, 3.05) is 0 Å². The van der Waals surface area contributed by atoms with Gasteiger partial charge < -0.3 is 0 Å². The van der Waals surface area contributed by atoms with Gasteiger partial charge in [0.25, 0.3) is 0 Å². The van der Waals surface area contributed by atoms with Gasteiger partial charge in [0.2, 0.25) is 0 Å². The minimum atomic E-state index is -3.24. The summed E-state index contributed by atoms with van der Waals surface area (Å²) >= 11 is 0. The van der Waals surface area contributed by atoms with Gasteiger partial charge in [0.15, 0.2) is 9.84 Å². The van der Waals surface area contributed by atoms with Gasteiger partial charge in [-0.05, 0) is 33.0 Å². The molecule has 0 spiro atoms. The van der Waals surface area contributed by atoms with Crippen molar-refractivity contribution < 1.29 is 8.42 Å². The second-order valence-corrected chi connectivity index (χ2v) is 8.52. The fraction of sp³-hybridized carbons (Fsp3) is 0.0435. The third-order valence-electron chi connectivity index (χ3n) is 5.04. The van der Waals surface area contributed by atoms with Gasteiger partial charge in [0.05, 0.1) is 10.6 Å². The summed E-state index contributed by atoms with van der Waals surface area (Å²) in [5.74, 6) is 0.108. The first-order valence-electron chi connectivity index (χ1n) is 8.58. The Kier molecular flexibility index (Phi) is 3.28. The standard InChI is InChI=1S/C23H16O2S/c24-26(25)15-20-21(16-9-3-1-4-10-16)18-13-7-8-14-19(18)22(23(20)26)17-11-5-2-6-12-17/h1-14H,15H2. The van der Waals surface area contributed by atoms with E-state index in [1.54, 1.807) is 0 Å². The number of hydrogen-bond acceptors (Lipinski definition) is 2. The Morgan fingerprint density at radius 1 is 0.577 bits per heavy atom. The molecule has 0 aliphatic carbocycles.